The Hall–Kier alpha value is -0.950. The van der Waals surface area contributed by atoms with Gasteiger partial charge in [0.15, 0.2) is 0 Å². The molecular formula is C13H23N3O2S. The van der Waals surface area contributed by atoms with E-state index >= 15 is 0 Å². The van der Waals surface area contributed by atoms with E-state index in [9.17, 15) is 8.42 Å². The Balaban J connectivity index is 2.51. The minimum atomic E-state index is -3.43. The first-order chi connectivity index (χ1) is 8.97. The van der Waals surface area contributed by atoms with Gasteiger partial charge in [0.25, 0.3) is 10.2 Å². The number of rotatable bonds is 8. The van der Waals surface area contributed by atoms with E-state index in [1.165, 1.54) is 4.31 Å². The number of unbranched alkanes of at least 4 members (excludes halogenated alkanes) is 1. The Bertz CT molecular complexity index is 462. The molecule has 1 atom stereocenters. The fraction of sp³-hybridized carbons (Fsp3) is 0.538. The third-order valence-electron chi connectivity index (χ3n) is 2.95. The Kier molecular flexibility index (Phi) is 6.44. The van der Waals surface area contributed by atoms with Gasteiger partial charge < -0.3 is 5.73 Å². The molecule has 3 N–H and O–H groups in total. The lowest BCUT2D eigenvalue weighted by molar-refractivity contribution is 0.446. The average molecular weight is 285 g/mol. The van der Waals surface area contributed by atoms with E-state index in [2.05, 4.69) is 4.72 Å². The average Bonchev–Trinajstić information content (AvgIpc) is 2.43. The predicted octanol–water partition coefficient (Wildman–Crippen LogP) is 1.25. The third kappa shape index (κ3) is 5.28. The second-order valence-electron chi connectivity index (χ2n) is 4.55. The normalized spacial score (nSPS) is 13.7. The first-order valence-electron chi connectivity index (χ1n) is 6.49. The largest absolute Gasteiger partial charge is 0.323 e. The van der Waals surface area contributed by atoms with E-state index in [1.54, 1.807) is 7.05 Å². The molecule has 0 saturated carbocycles. The van der Waals surface area contributed by atoms with Gasteiger partial charge in [-0.25, -0.2) is 4.72 Å². The van der Waals surface area contributed by atoms with Gasteiger partial charge in [-0.3, -0.25) is 0 Å². The summed E-state index contributed by atoms with van der Waals surface area (Å²) < 4.78 is 27.7. The summed E-state index contributed by atoms with van der Waals surface area (Å²) in [5.41, 5.74) is 6.87. The lowest BCUT2D eigenvalue weighted by Gasteiger charge is -2.19. The van der Waals surface area contributed by atoms with Crippen LogP contribution < -0.4 is 10.5 Å². The van der Waals surface area contributed by atoms with E-state index in [0.29, 0.717) is 6.54 Å². The molecule has 0 aliphatic carbocycles. The summed E-state index contributed by atoms with van der Waals surface area (Å²) in [6, 6.07) is 9.11. The Morgan fingerprint density at radius 2 is 1.95 bits per heavy atom. The van der Waals surface area contributed by atoms with Crippen LogP contribution in [0.4, 0.5) is 0 Å². The molecule has 0 bridgehead atoms. The summed E-state index contributed by atoms with van der Waals surface area (Å²) >= 11 is 0. The molecule has 0 spiro atoms. The highest BCUT2D eigenvalue weighted by atomic mass is 32.2. The highest BCUT2D eigenvalue weighted by Crippen LogP contribution is 2.09. The molecule has 0 aliphatic heterocycles. The molecule has 0 saturated heterocycles. The van der Waals surface area contributed by atoms with Crippen LogP contribution in [0.15, 0.2) is 30.3 Å². The second-order valence-corrected chi connectivity index (χ2v) is 6.41. The van der Waals surface area contributed by atoms with E-state index in [0.717, 1.165) is 18.4 Å². The fourth-order valence-corrected chi connectivity index (χ4v) is 2.60. The molecule has 1 aromatic rings. The van der Waals surface area contributed by atoms with Crippen molar-refractivity contribution in [2.75, 3.05) is 20.1 Å². The van der Waals surface area contributed by atoms with Gasteiger partial charge in [-0.2, -0.15) is 12.7 Å². The molecule has 0 amide bonds. The van der Waals surface area contributed by atoms with Crippen molar-refractivity contribution in [1.82, 2.24) is 9.03 Å². The van der Waals surface area contributed by atoms with Crippen molar-refractivity contribution in [3.05, 3.63) is 35.9 Å². The second kappa shape index (κ2) is 7.59. The van der Waals surface area contributed by atoms with Crippen LogP contribution in [0.1, 0.15) is 31.4 Å². The lowest BCUT2D eigenvalue weighted by atomic mass is 10.1. The molecule has 1 aromatic carbocycles. The van der Waals surface area contributed by atoms with Gasteiger partial charge in [0.2, 0.25) is 0 Å². The van der Waals surface area contributed by atoms with Crippen LogP contribution in [0.3, 0.4) is 0 Å². The zero-order chi connectivity index (χ0) is 14.3. The SMILES string of the molecule is CCCCN(C)S(=O)(=O)NCC(N)c1ccccc1. The van der Waals surface area contributed by atoms with Crippen LogP contribution >= 0.6 is 0 Å². The highest BCUT2D eigenvalue weighted by molar-refractivity contribution is 7.87. The molecule has 1 unspecified atom stereocenters. The molecule has 0 heterocycles. The highest BCUT2D eigenvalue weighted by Gasteiger charge is 2.18. The topological polar surface area (TPSA) is 75.4 Å². The van der Waals surface area contributed by atoms with Crippen molar-refractivity contribution in [2.45, 2.75) is 25.8 Å². The molecule has 108 valence electrons. The monoisotopic (exact) mass is 285 g/mol. The van der Waals surface area contributed by atoms with E-state index in [4.69, 9.17) is 5.73 Å². The maximum atomic E-state index is 11.9. The quantitative estimate of drug-likeness (QED) is 0.755. The van der Waals surface area contributed by atoms with Crippen LogP contribution in [0.2, 0.25) is 0 Å². The Morgan fingerprint density at radius 3 is 2.53 bits per heavy atom. The summed E-state index contributed by atoms with van der Waals surface area (Å²) in [7, 11) is -1.86. The Labute approximate surface area is 116 Å². The molecule has 5 nitrogen and oxygen atoms in total. The van der Waals surface area contributed by atoms with Crippen molar-refractivity contribution in [3.63, 3.8) is 0 Å². The number of hydrogen-bond donors (Lipinski definition) is 2. The Morgan fingerprint density at radius 1 is 1.32 bits per heavy atom. The minimum absolute atomic E-state index is 0.197. The molecule has 0 fully saturated rings. The number of nitrogens with one attached hydrogen (secondary N) is 1. The van der Waals surface area contributed by atoms with Crippen molar-refractivity contribution in [2.24, 2.45) is 5.73 Å². The van der Waals surface area contributed by atoms with Crippen molar-refractivity contribution < 1.29 is 8.42 Å². The van der Waals surface area contributed by atoms with E-state index < -0.39 is 10.2 Å². The van der Waals surface area contributed by atoms with Crippen molar-refractivity contribution in [1.29, 1.82) is 0 Å². The van der Waals surface area contributed by atoms with Gasteiger partial charge >= 0.3 is 0 Å². The third-order valence-corrected chi connectivity index (χ3v) is 4.48. The number of hydrogen-bond acceptors (Lipinski definition) is 3. The van der Waals surface area contributed by atoms with Crippen LogP contribution in [0, 0.1) is 0 Å². The van der Waals surface area contributed by atoms with Crippen LogP contribution in [0.25, 0.3) is 0 Å². The van der Waals surface area contributed by atoms with Crippen molar-refractivity contribution >= 4 is 10.2 Å². The summed E-state index contributed by atoms with van der Waals surface area (Å²) in [4.78, 5) is 0. The van der Waals surface area contributed by atoms with E-state index in [1.807, 2.05) is 37.3 Å². The summed E-state index contributed by atoms with van der Waals surface area (Å²) in [6.07, 6.45) is 1.81. The number of nitrogens with two attached hydrogens (primary N) is 1. The summed E-state index contributed by atoms with van der Waals surface area (Å²) in [6.45, 7) is 2.74. The molecular weight excluding hydrogens is 262 g/mol. The van der Waals surface area contributed by atoms with Crippen molar-refractivity contribution in [3.8, 4) is 0 Å². The first-order valence-corrected chi connectivity index (χ1v) is 7.93. The van der Waals surface area contributed by atoms with Gasteiger partial charge in [-0.05, 0) is 12.0 Å². The van der Waals surface area contributed by atoms with Gasteiger partial charge in [-0.1, -0.05) is 43.7 Å². The molecule has 0 aromatic heterocycles. The standard InChI is InChI=1S/C13H23N3O2S/c1-3-4-10-16(2)19(17,18)15-11-13(14)12-8-6-5-7-9-12/h5-9,13,15H,3-4,10-11,14H2,1-2H3. The molecule has 19 heavy (non-hydrogen) atoms. The molecule has 6 heteroatoms. The van der Waals surface area contributed by atoms with Gasteiger partial charge in [0, 0.05) is 26.2 Å². The number of benzene rings is 1. The zero-order valence-corrected chi connectivity index (χ0v) is 12.4. The minimum Gasteiger partial charge on any atom is -0.323 e. The first kappa shape index (κ1) is 16.1. The number of nitrogens with zero attached hydrogens (tertiary/aromatic N) is 1. The molecule has 1 rings (SSSR count). The van der Waals surface area contributed by atoms with Crippen LogP contribution in [0.5, 0.6) is 0 Å². The molecule has 0 aliphatic rings. The summed E-state index contributed by atoms with van der Waals surface area (Å²) in [5.74, 6) is 0. The maximum absolute atomic E-state index is 11.9. The lowest BCUT2D eigenvalue weighted by Crippen LogP contribution is -2.41. The van der Waals surface area contributed by atoms with Crippen LogP contribution in [-0.2, 0) is 10.2 Å². The van der Waals surface area contributed by atoms with Crippen LogP contribution in [-0.4, -0.2) is 32.9 Å². The zero-order valence-electron chi connectivity index (χ0n) is 11.5. The molecule has 0 radical (unpaired) electrons. The maximum Gasteiger partial charge on any atom is 0.279 e. The summed E-state index contributed by atoms with van der Waals surface area (Å²) in [5, 5.41) is 0. The fourth-order valence-electron chi connectivity index (χ4n) is 1.62. The van der Waals surface area contributed by atoms with Gasteiger partial charge in [-0.15, -0.1) is 0 Å². The smallest absolute Gasteiger partial charge is 0.279 e. The predicted molar refractivity (Wildman–Crippen MR) is 77.8 cm³/mol. The van der Waals surface area contributed by atoms with Gasteiger partial charge in [0.05, 0.1) is 0 Å². The van der Waals surface area contributed by atoms with Gasteiger partial charge in [0.1, 0.15) is 0 Å². The van der Waals surface area contributed by atoms with E-state index in [-0.39, 0.29) is 12.6 Å².